The Morgan fingerprint density at radius 2 is 2.19 bits per heavy atom. The van der Waals surface area contributed by atoms with Crippen molar-refractivity contribution in [2.24, 2.45) is 0 Å². The molecule has 3 rings (SSSR count). The number of nitrogen functional groups attached to an aromatic ring is 1. The van der Waals surface area contributed by atoms with Crippen molar-refractivity contribution < 1.29 is 14.3 Å². The highest BCUT2D eigenvalue weighted by Crippen LogP contribution is 2.35. The molecule has 4 N–H and O–H groups in total. The first-order valence-corrected chi connectivity index (χ1v) is 6.69. The van der Waals surface area contributed by atoms with Crippen LogP contribution in [-0.4, -0.2) is 29.2 Å². The van der Waals surface area contributed by atoms with Crippen LogP contribution in [-0.2, 0) is 6.42 Å². The molecule has 1 aromatic carbocycles. The lowest BCUT2D eigenvalue weighted by molar-refractivity contribution is 0.0953. The van der Waals surface area contributed by atoms with Crippen molar-refractivity contribution in [3.8, 4) is 11.5 Å². The van der Waals surface area contributed by atoms with E-state index in [0.717, 1.165) is 18.7 Å². The summed E-state index contributed by atoms with van der Waals surface area (Å²) in [5.74, 6) is 1.81. The second kappa shape index (κ2) is 5.74. The van der Waals surface area contributed by atoms with E-state index < -0.39 is 0 Å². The summed E-state index contributed by atoms with van der Waals surface area (Å²) in [6, 6.07) is 3.22. The van der Waals surface area contributed by atoms with E-state index in [1.165, 1.54) is 0 Å². The quantitative estimate of drug-likeness (QED) is 0.564. The number of ether oxygens (including phenoxy) is 2. The summed E-state index contributed by atoms with van der Waals surface area (Å²) >= 11 is 0. The van der Waals surface area contributed by atoms with Gasteiger partial charge in [0.25, 0.3) is 5.91 Å². The topological polar surface area (TPSA) is 102 Å². The van der Waals surface area contributed by atoms with Gasteiger partial charge < -0.3 is 25.5 Å². The lowest BCUT2D eigenvalue weighted by Crippen LogP contribution is -2.25. The summed E-state index contributed by atoms with van der Waals surface area (Å²) in [4.78, 5) is 19.3. The van der Waals surface area contributed by atoms with Gasteiger partial charge in [0, 0.05) is 37.1 Å². The zero-order valence-corrected chi connectivity index (χ0v) is 11.4. The van der Waals surface area contributed by atoms with Crippen LogP contribution >= 0.6 is 0 Å². The first-order chi connectivity index (χ1) is 10.2. The number of aromatic amines is 1. The maximum Gasteiger partial charge on any atom is 0.253 e. The molecule has 110 valence electrons. The first-order valence-electron chi connectivity index (χ1n) is 6.69. The number of aryl methyl sites for hydroxylation is 1. The fraction of sp³-hybridized carbons (Fsp3) is 0.286. The first kappa shape index (κ1) is 13.3. The number of aromatic nitrogens is 2. The fourth-order valence-electron chi connectivity index (χ4n) is 2.14. The molecule has 0 aliphatic carbocycles. The second-order valence-corrected chi connectivity index (χ2v) is 4.69. The molecule has 1 amide bonds. The van der Waals surface area contributed by atoms with E-state index in [0.29, 0.717) is 29.3 Å². The Morgan fingerprint density at radius 3 is 2.95 bits per heavy atom. The van der Waals surface area contributed by atoms with Gasteiger partial charge in [-0.05, 0) is 12.5 Å². The third-order valence-electron chi connectivity index (χ3n) is 3.22. The van der Waals surface area contributed by atoms with Gasteiger partial charge in [0.2, 0.25) is 6.79 Å². The Bertz CT molecular complexity index is 640. The zero-order valence-electron chi connectivity index (χ0n) is 11.4. The number of imidazole rings is 1. The largest absolute Gasteiger partial charge is 0.454 e. The molecule has 1 aromatic heterocycles. The van der Waals surface area contributed by atoms with Crippen LogP contribution in [0.4, 0.5) is 5.69 Å². The molecular weight excluding hydrogens is 272 g/mol. The number of nitrogens with one attached hydrogen (secondary N) is 2. The van der Waals surface area contributed by atoms with Crippen LogP contribution in [0.3, 0.4) is 0 Å². The van der Waals surface area contributed by atoms with Gasteiger partial charge in [0.15, 0.2) is 11.5 Å². The molecule has 0 radical (unpaired) electrons. The maximum absolute atomic E-state index is 12.1. The zero-order chi connectivity index (χ0) is 14.7. The number of carbonyl (C=O) groups is 1. The van der Waals surface area contributed by atoms with E-state index in [2.05, 4.69) is 15.3 Å². The summed E-state index contributed by atoms with van der Waals surface area (Å²) in [6.45, 7) is 0.705. The van der Waals surface area contributed by atoms with Crippen LogP contribution in [0, 0.1) is 0 Å². The molecular formula is C14H16N4O3. The number of hydrogen-bond donors (Lipinski definition) is 3. The number of hydrogen-bond acceptors (Lipinski definition) is 5. The summed E-state index contributed by atoms with van der Waals surface area (Å²) < 4.78 is 10.5. The van der Waals surface area contributed by atoms with Crippen molar-refractivity contribution in [1.29, 1.82) is 0 Å². The van der Waals surface area contributed by atoms with Gasteiger partial charge in [-0.1, -0.05) is 0 Å². The Kier molecular flexibility index (Phi) is 3.63. The van der Waals surface area contributed by atoms with Crippen LogP contribution in [0.5, 0.6) is 11.5 Å². The Hall–Kier alpha value is -2.70. The standard InChI is InChI=1S/C14H16N4O3/c15-10-7-12-11(20-8-21-12)6-9(10)14(19)18-3-1-2-13-16-4-5-17-13/h4-7H,1-3,8,15H2,(H,16,17)(H,18,19). The molecule has 2 heterocycles. The highest BCUT2D eigenvalue weighted by atomic mass is 16.7. The molecule has 0 saturated heterocycles. The Balaban J connectivity index is 1.55. The molecule has 7 heteroatoms. The maximum atomic E-state index is 12.1. The number of H-pyrrole nitrogens is 1. The number of rotatable bonds is 5. The van der Waals surface area contributed by atoms with Crippen molar-refractivity contribution in [1.82, 2.24) is 15.3 Å². The second-order valence-electron chi connectivity index (χ2n) is 4.69. The van der Waals surface area contributed by atoms with Gasteiger partial charge in [-0.25, -0.2) is 4.98 Å². The van der Waals surface area contributed by atoms with Gasteiger partial charge in [0.1, 0.15) is 5.82 Å². The third kappa shape index (κ3) is 2.91. The van der Waals surface area contributed by atoms with Crippen LogP contribution in [0.25, 0.3) is 0 Å². The molecule has 0 spiro atoms. The molecule has 7 nitrogen and oxygen atoms in total. The predicted molar refractivity (Wildman–Crippen MR) is 76.2 cm³/mol. The SMILES string of the molecule is Nc1cc2c(cc1C(=O)NCCCc1ncc[nH]1)OCO2. The van der Waals surface area contributed by atoms with E-state index in [-0.39, 0.29) is 12.7 Å². The summed E-state index contributed by atoms with van der Waals surface area (Å²) in [6.07, 6.45) is 5.07. The van der Waals surface area contributed by atoms with E-state index in [1.54, 1.807) is 24.5 Å². The highest BCUT2D eigenvalue weighted by molar-refractivity contribution is 6.00. The van der Waals surface area contributed by atoms with E-state index >= 15 is 0 Å². The van der Waals surface area contributed by atoms with Gasteiger partial charge in [-0.2, -0.15) is 0 Å². The van der Waals surface area contributed by atoms with E-state index in [1.807, 2.05) is 0 Å². The molecule has 0 bridgehead atoms. The molecule has 0 fully saturated rings. The van der Waals surface area contributed by atoms with E-state index in [4.69, 9.17) is 15.2 Å². The van der Waals surface area contributed by atoms with Crippen molar-refractivity contribution in [2.75, 3.05) is 19.1 Å². The van der Waals surface area contributed by atoms with Crippen molar-refractivity contribution in [3.63, 3.8) is 0 Å². The molecule has 2 aromatic rings. The van der Waals surface area contributed by atoms with Crippen LogP contribution in [0.2, 0.25) is 0 Å². The molecule has 0 saturated carbocycles. The third-order valence-corrected chi connectivity index (χ3v) is 3.22. The average molecular weight is 288 g/mol. The van der Waals surface area contributed by atoms with Crippen molar-refractivity contribution >= 4 is 11.6 Å². The van der Waals surface area contributed by atoms with Gasteiger partial charge in [0.05, 0.1) is 5.56 Å². The fourth-order valence-corrected chi connectivity index (χ4v) is 2.14. The number of carbonyl (C=O) groups excluding carboxylic acids is 1. The van der Waals surface area contributed by atoms with Crippen LogP contribution < -0.4 is 20.5 Å². The average Bonchev–Trinajstić information content (AvgIpc) is 3.13. The summed E-state index contributed by atoms with van der Waals surface area (Å²) in [5, 5.41) is 2.84. The molecule has 1 aliphatic rings. The minimum Gasteiger partial charge on any atom is -0.454 e. The van der Waals surface area contributed by atoms with Gasteiger partial charge in [-0.15, -0.1) is 0 Å². The Labute approximate surface area is 121 Å². The molecule has 1 aliphatic heterocycles. The summed E-state index contributed by atoms with van der Waals surface area (Å²) in [5.41, 5.74) is 6.64. The van der Waals surface area contributed by atoms with Gasteiger partial charge in [-0.3, -0.25) is 4.79 Å². The lowest BCUT2D eigenvalue weighted by atomic mass is 10.1. The number of nitrogens with two attached hydrogens (primary N) is 1. The van der Waals surface area contributed by atoms with Crippen LogP contribution in [0.1, 0.15) is 22.6 Å². The number of fused-ring (bicyclic) bond motifs is 1. The minimum atomic E-state index is -0.217. The van der Waals surface area contributed by atoms with Crippen LogP contribution in [0.15, 0.2) is 24.5 Å². The predicted octanol–water partition coefficient (Wildman–Crippen LogP) is 1.08. The number of nitrogens with zero attached hydrogens (tertiary/aromatic N) is 1. The number of amides is 1. The smallest absolute Gasteiger partial charge is 0.253 e. The van der Waals surface area contributed by atoms with Crippen molar-refractivity contribution in [2.45, 2.75) is 12.8 Å². The van der Waals surface area contributed by atoms with Crippen molar-refractivity contribution in [3.05, 3.63) is 35.9 Å². The normalized spacial score (nSPS) is 12.4. The molecule has 0 unspecified atom stereocenters. The van der Waals surface area contributed by atoms with E-state index in [9.17, 15) is 4.79 Å². The Morgan fingerprint density at radius 1 is 1.38 bits per heavy atom. The highest BCUT2D eigenvalue weighted by Gasteiger charge is 2.19. The summed E-state index contributed by atoms with van der Waals surface area (Å²) in [7, 11) is 0. The molecule has 0 atom stereocenters. The molecule has 21 heavy (non-hydrogen) atoms. The lowest BCUT2D eigenvalue weighted by Gasteiger charge is -2.08. The monoisotopic (exact) mass is 288 g/mol. The number of anilines is 1. The minimum absolute atomic E-state index is 0.156. The van der Waals surface area contributed by atoms with Gasteiger partial charge >= 0.3 is 0 Å². The number of benzene rings is 1.